The largest absolute Gasteiger partial charge is 0.445 e. The summed E-state index contributed by atoms with van der Waals surface area (Å²) < 4.78 is 31.9. The summed E-state index contributed by atoms with van der Waals surface area (Å²) in [6, 6.07) is 16.7. The lowest BCUT2D eigenvalue weighted by Crippen LogP contribution is -2.43. The summed E-state index contributed by atoms with van der Waals surface area (Å²) in [5.74, 6) is -0.0192. The summed E-state index contributed by atoms with van der Waals surface area (Å²) in [6.07, 6.45) is 2.96. The van der Waals surface area contributed by atoms with Gasteiger partial charge < -0.3 is 20.8 Å². The Morgan fingerprint density at radius 3 is 2.60 bits per heavy atom. The van der Waals surface area contributed by atoms with Crippen molar-refractivity contribution in [2.45, 2.75) is 11.4 Å². The average molecular weight is 490 g/mol. The Hall–Kier alpha value is -4.64. The fourth-order valence-electron chi connectivity index (χ4n) is 3.64. The van der Waals surface area contributed by atoms with Gasteiger partial charge in [-0.05, 0) is 48.0 Å². The van der Waals surface area contributed by atoms with Gasteiger partial charge in [0.05, 0.1) is 29.8 Å². The highest BCUT2D eigenvalue weighted by Crippen LogP contribution is 2.31. The predicted molar refractivity (Wildman–Crippen MR) is 129 cm³/mol. The Bertz CT molecular complexity index is 1530. The number of amides is 3. The highest BCUT2D eigenvalue weighted by atomic mass is 32.2. The molecule has 0 unspecified atom stereocenters. The normalized spacial score (nSPS) is 14.2. The quantitative estimate of drug-likeness (QED) is 0.360. The van der Waals surface area contributed by atoms with Gasteiger partial charge in [-0.3, -0.25) is 4.79 Å². The number of carbonyl (C=O) groups is 2. The van der Waals surface area contributed by atoms with Crippen molar-refractivity contribution in [3.8, 4) is 11.5 Å². The summed E-state index contributed by atoms with van der Waals surface area (Å²) >= 11 is 0. The Kier molecular flexibility index (Phi) is 5.46. The second kappa shape index (κ2) is 8.61. The van der Waals surface area contributed by atoms with Gasteiger partial charge >= 0.3 is 6.03 Å². The third kappa shape index (κ3) is 4.20. The van der Waals surface area contributed by atoms with E-state index >= 15 is 0 Å². The number of oxazole rings is 1. The molecule has 0 spiro atoms. The summed E-state index contributed by atoms with van der Waals surface area (Å²) in [7, 11) is -4.01. The smallest absolute Gasteiger partial charge is 0.336 e. The van der Waals surface area contributed by atoms with Crippen molar-refractivity contribution in [1.29, 1.82) is 0 Å². The molecule has 5 rings (SSSR count). The second-order valence-corrected chi connectivity index (χ2v) is 9.56. The van der Waals surface area contributed by atoms with Crippen LogP contribution in [0.2, 0.25) is 0 Å². The first-order chi connectivity index (χ1) is 16.8. The lowest BCUT2D eigenvalue weighted by Gasteiger charge is -2.28. The van der Waals surface area contributed by atoms with Gasteiger partial charge in [0.2, 0.25) is 5.89 Å². The first-order valence-corrected chi connectivity index (χ1v) is 11.9. The molecule has 10 nitrogen and oxygen atoms in total. The molecule has 3 amide bonds. The minimum Gasteiger partial charge on any atom is -0.445 e. The number of hydrogen-bond acceptors (Lipinski definition) is 7. The van der Waals surface area contributed by atoms with E-state index in [1.807, 2.05) is 0 Å². The number of carbonyl (C=O) groups excluding carboxylic acids is 2. The fourth-order valence-corrected chi connectivity index (χ4v) is 5.11. The van der Waals surface area contributed by atoms with Gasteiger partial charge in [0, 0.05) is 11.1 Å². The molecule has 0 radical (unpaired) electrons. The van der Waals surface area contributed by atoms with Crippen molar-refractivity contribution < 1.29 is 22.4 Å². The molecule has 176 valence electrons. The van der Waals surface area contributed by atoms with Crippen LogP contribution in [0.4, 0.5) is 21.9 Å². The van der Waals surface area contributed by atoms with E-state index in [4.69, 9.17) is 10.2 Å². The molecule has 0 bridgehead atoms. The highest BCUT2D eigenvalue weighted by Gasteiger charge is 2.36. The molecular formula is C24H19N5O5S. The number of nitrogens with zero attached hydrogens (tertiary/aromatic N) is 2. The van der Waals surface area contributed by atoms with Crippen LogP contribution in [0, 0.1) is 0 Å². The van der Waals surface area contributed by atoms with Crippen molar-refractivity contribution in [1.82, 2.24) is 9.29 Å². The second-order valence-electron chi connectivity index (χ2n) is 7.73. The van der Waals surface area contributed by atoms with Gasteiger partial charge in [0.1, 0.15) is 11.2 Å². The van der Waals surface area contributed by atoms with Crippen LogP contribution in [0.25, 0.3) is 11.5 Å². The van der Waals surface area contributed by atoms with E-state index in [-0.39, 0.29) is 17.1 Å². The number of para-hydroxylation sites is 1. The number of urea groups is 1. The van der Waals surface area contributed by atoms with E-state index in [1.165, 1.54) is 24.6 Å². The molecule has 1 aromatic heterocycles. The van der Waals surface area contributed by atoms with Gasteiger partial charge in [0.15, 0.2) is 0 Å². The number of fused-ring (bicyclic) bond motifs is 1. The minimum absolute atomic E-state index is 0.0279. The SMILES string of the molecule is Nc1ccc(-c2ncco2)cc1NC(=O)c1ccc(CN2C(=O)Nc3ccccc3S2(=O)=O)cc1. The molecule has 1 aliphatic heterocycles. The Morgan fingerprint density at radius 2 is 1.86 bits per heavy atom. The molecule has 0 saturated carbocycles. The minimum atomic E-state index is -4.01. The number of nitrogen functional groups attached to an aromatic ring is 1. The molecule has 3 aromatic carbocycles. The molecule has 2 heterocycles. The molecule has 4 N–H and O–H groups in total. The predicted octanol–water partition coefficient (Wildman–Crippen LogP) is 3.91. The van der Waals surface area contributed by atoms with Crippen LogP contribution in [0.5, 0.6) is 0 Å². The third-order valence-electron chi connectivity index (χ3n) is 5.45. The average Bonchev–Trinajstić information content (AvgIpc) is 3.39. The highest BCUT2D eigenvalue weighted by molar-refractivity contribution is 7.90. The zero-order valence-corrected chi connectivity index (χ0v) is 19.0. The molecule has 0 saturated heterocycles. The molecule has 1 aliphatic rings. The first kappa shape index (κ1) is 22.2. The molecule has 0 aliphatic carbocycles. The Balaban J connectivity index is 1.32. The van der Waals surface area contributed by atoms with E-state index in [1.54, 1.807) is 54.6 Å². The van der Waals surface area contributed by atoms with Crippen molar-refractivity contribution in [3.63, 3.8) is 0 Å². The zero-order valence-electron chi connectivity index (χ0n) is 18.1. The van der Waals surface area contributed by atoms with E-state index in [0.29, 0.717) is 34.0 Å². The van der Waals surface area contributed by atoms with Crippen molar-refractivity contribution in [2.24, 2.45) is 0 Å². The summed E-state index contributed by atoms with van der Waals surface area (Å²) in [5, 5.41) is 5.34. The van der Waals surface area contributed by atoms with Gasteiger partial charge in [-0.2, -0.15) is 0 Å². The first-order valence-electron chi connectivity index (χ1n) is 10.5. The van der Waals surface area contributed by atoms with E-state index in [2.05, 4.69) is 15.6 Å². The maximum absolute atomic E-state index is 12.9. The summed E-state index contributed by atoms with van der Waals surface area (Å²) in [6.45, 7) is -0.185. The maximum atomic E-state index is 12.9. The fraction of sp³-hybridized carbons (Fsp3) is 0.0417. The van der Waals surface area contributed by atoms with E-state index in [0.717, 1.165) is 4.31 Å². The van der Waals surface area contributed by atoms with Gasteiger partial charge in [-0.15, -0.1) is 0 Å². The number of nitrogens with one attached hydrogen (secondary N) is 2. The Labute approximate surface area is 200 Å². The molecular weight excluding hydrogens is 470 g/mol. The summed E-state index contributed by atoms with van der Waals surface area (Å²) in [5.41, 5.74) is 8.51. The van der Waals surface area contributed by atoms with Gasteiger partial charge in [-0.25, -0.2) is 22.5 Å². The van der Waals surface area contributed by atoms with Crippen molar-refractivity contribution in [3.05, 3.63) is 90.3 Å². The number of nitrogens with two attached hydrogens (primary N) is 1. The van der Waals surface area contributed by atoms with Crippen LogP contribution >= 0.6 is 0 Å². The molecule has 0 fully saturated rings. The number of benzene rings is 3. The molecule has 35 heavy (non-hydrogen) atoms. The van der Waals surface area contributed by atoms with Crippen LogP contribution < -0.4 is 16.4 Å². The molecule has 11 heteroatoms. The number of hydrogen-bond donors (Lipinski definition) is 3. The maximum Gasteiger partial charge on any atom is 0.336 e. The van der Waals surface area contributed by atoms with Crippen LogP contribution in [-0.4, -0.2) is 29.6 Å². The lowest BCUT2D eigenvalue weighted by molar-refractivity contribution is 0.102. The number of aromatic nitrogens is 1. The molecule has 4 aromatic rings. The number of anilines is 3. The van der Waals surface area contributed by atoms with Crippen LogP contribution in [0.15, 0.2) is 88.5 Å². The topological polar surface area (TPSA) is 148 Å². The van der Waals surface area contributed by atoms with Crippen LogP contribution in [-0.2, 0) is 16.6 Å². The Morgan fingerprint density at radius 1 is 1.09 bits per heavy atom. The van der Waals surface area contributed by atoms with E-state index in [9.17, 15) is 18.0 Å². The van der Waals surface area contributed by atoms with Gasteiger partial charge in [0.25, 0.3) is 15.9 Å². The monoisotopic (exact) mass is 489 g/mol. The number of rotatable bonds is 5. The van der Waals surface area contributed by atoms with Crippen LogP contribution in [0.3, 0.4) is 0 Å². The van der Waals surface area contributed by atoms with E-state index < -0.39 is 22.0 Å². The number of sulfonamides is 1. The van der Waals surface area contributed by atoms with Crippen molar-refractivity contribution >= 4 is 39.0 Å². The lowest BCUT2D eigenvalue weighted by atomic mass is 10.1. The third-order valence-corrected chi connectivity index (χ3v) is 7.23. The zero-order chi connectivity index (χ0) is 24.6. The standard InChI is InChI=1S/C24H19N5O5S/c25-18-10-9-17(23-26-11-12-34-23)13-20(18)27-22(30)16-7-5-15(6-8-16)14-29-24(31)28-19-3-1-2-4-21(19)35(29,32)33/h1-13H,14,25H2,(H,27,30)(H,28,31). The van der Waals surface area contributed by atoms with Crippen LogP contribution in [0.1, 0.15) is 15.9 Å². The van der Waals surface area contributed by atoms with Crippen molar-refractivity contribution in [2.75, 3.05) is 16.4 Å². The molecule has 0 atom stereocenters. The van der Waals surface area contributed by atoms with Gasteiger partial charge in [-0.1, -0.05) is 24.3 Å². The summed E-state index contributed by atoms with van der Waals surface area (Å²) in [4.78, 5) is 29.3.